The monoisotopic (exact) mass is 368 g/mol. The molecule has 23 heavy (non-hydrogen) atoms. The maximum Gasteiger partial charge on any atom is 0.296 e. The van der Waals surface area contributed by atoms with Gasteiger partial charge >= 0.3 is 0 Å². The molecule has 1 aromatic rings. The molecule has 2 atom stereocenters. The lowest BCUT2D eigenvalue weighted by molar-refractivity contribution is -0.515. The molecule has 0 heterocycles. The zero-order chi connectivity index (χ0) is 17.5. The molecule has 0 spiro atoms. The van der Waals surface area contributed by atoms with Gasteiger partial charge in [-0.1, -0.05) is 11.6 Å². The van der Waals surface area contributed by atoms with E-state index in [0.717, 1.165) is 0 Å². The maximum atomic E-state index is 14.2. The predicted molar refractivity (Wildman–Crippen MR) is 74.7 cm³/mol. The molecule has 1 aromatic carbocycles. The number of benzene rings is 1. The Hall–Kier alpha value is -2.13. The highest BCUT2D eigenvalue weighted by molar-refractivity contribution is 6.33. The van der Waals surface area contributed by atoms with Crippen LogP contribution in [0.1, 0.15) is 5.56 Å². The lowest BCUT2D eigenvalue weighted by atomic mass is 9.85. The van der Waals surface area contributed by atoms with Crippen LogP contribution in [0, 0.1) is 31.9 Å². The predicted octanol–water partition coefficient (Wildman–Crippen LogP) is 4.03. The van der Waals surface area contributed by atoms with Crippen LogP contribution in [0.2, 0.25) is 5.02 Å². The molecule has 0 aliphatic heterocycles. The van der Waals surface area contributed by atoms with Gasteiger partial charge in [0.25, 0.3) is 11.7 Å². The Balaban J connectivity index is 2.86. The first-order valence-electron chi connectivity index (χ1n) is 5.81. The summed E-state index contributed by atoms with van der Waals surface area (Å²) >= 11 is 11.6. The van der Waals surface area contributed by atoms with Crippen molar-refractivity contribution >= 4 is 28.9 Å². The molecule has 0 amide bonds. The molecule has 0 saturated carbocycles. The molecule has 0 fully saturated rings. The van der Waals surface area contributed by atoms with Crippen molar-refractivity contribution in [2.24, 2.45) is 0 Å². The Morgan fingerprint density at radius 3 is 2.35 bits per heavy atom. The van der Waals surface area contributed by atoms with E-state index in [-0.39, 0.29) is 0 Å². The molecule has 0 aromatic heterocycles. The Kier molecular flexibility index (Phi) is 4.36. The van der Waals surface area contributed by atoms with Gasteiger partial charge in [0.1, 0.15) is 16.4 Å². The molecule has 2 unspecified atom stereocenters. The van der Waals surface area contributed by atoms with Crippen molar-refractivity contribution in [3.8, 4) is 0 Å². The van der Waals surface area contributed by atoms with Crippen molar-refractivity contribution in [3.63, 3.8) is 0 Å². The summed E-state index contributed by atoms with van der Waals surface area (Å²) in [6.45, 7) is 0. The molecular formula is C12H5Cl2F3N2O4. The number of alkyl halides is 1. The van der Waals surface area contributed by atoms with Crippen molar-refractivity contribution in [1.29, 1.82) is 0 Å². The second-order valence-corrected chi connectivity index (χ2v) is 5.55. The van der Waals surface area contributed by atoms with Crippen LogP contribution in [0.25, 0.3) is 0 Å². The highest BCUT2D eigenvalue weighted by atomic mass is 35.5. The number of allylic oxidation sites excluding steroid dienone is 2. The van der Waals surface area contributed by atoms with Crippen LogP contribution in [0.5, 0.6) is 0 Å². The van der Waals surface area contributed by atoms with Gasteiger partial charge in [-0.2, -0.15) is 0 Å². The molecule has 0 radical (unpaired) electrons. The third-order valence-corrected chi connectivity index (χ3v) is 4.00. The summed E-state index contributed by atoms with van der Waals surface area (Å²) in [5.74, 6) is -4.40. The fraction of sp³-hybridized carbons (Fsp3) is 0.167. The molecule has 122 valence electrons. The first-order valence-corrected chi connectivity index (χ1v) is 6.56. The summed E-state index contributed by atoms with van der Waals surface area (Å²) in [6, 6.07) is -1.76. The average Bonchev–Trinajstić information content (AvgIpc) is 2.44. The summed E-state index contributed by atoms with van der Waals surface area (Å²) in [5, 5.41) is 21.4. The second kappa shape index (κ2) is 5.82. The summed E-state index contributed by atoms with van der Waals surface area (Å²) in [5.41, 5.74) is -2.27. The van der Waals surface area contributed by atoms with Gasteiger partial charge in [-0.05, 0) is 12.2 Å². The smallest absolute Gasteiger partial charge is 0.264 e. The highest BCUT2D eigenvalue weighted by Gasteiger charge is 2.52. The number of halogens is 5. The lowest BCUT2D eigenvalue weighted by Crippen LogP contribution is -2.40. The van der Waals surface area contributed by atoms with E-state index in [1.807, 2.05) is 0 Å². The van der Waals surface area contributed by atoms with E-state index in [1.54, 1.807) is 0 Å². The number of nitro groups is 2. The van der Waals surface area contributed by atoms with E-state index in [9.17, 15) is 33.4 Å². The number of nitro benzene ring substituents is 1. The highest BCUT2D eigenvalue weighted by Crippen LogP contribution is 2.47. The van der Waals surface area contributed by atoms with E-state index in [0.29, 0.717) is 24.3 Å². The standard InChI is InChI=1S/C12H5Cl2F3N2O4/c13-6-4-7(16)10(17)9(11(6)19(22)23)12(14)2-1-5(15)3-8(12)18(20)21/h1-4,8H. The van der Waals surface area contributed by atoms with Gasteiger partial charge in [-0.15, -0.1) is 11.6 Å². The molecular weight excluding hydrogens is 364 g/mol. The van der Waals surface area contributed by atoms with Crippen LogP contribution in [-0.4, -0.2) is 15.9 Å². The number of hydrogen-bond acceptors (Lipinski definition) is 4. The average molecular weight is 369 g/mol. The molecule has 0 saturated heterocycles. The van der Waals surface area contributed by atoms with Crippen molar-refractivity contribution in [2.45, 2.75) is 10.9 Å². The van der Waals surface area contributed by atoms with Gasteiger partial charge in [0.2, 0.25) is 0 Å². The zero-order valence-corrected chi connectivity index (χ0v) is 12.3. The minimum Gasteiger partial charge on any atom is -0.264 e. The van der Waals surface area contributed by atoms with Crippen LogP contribution >= 0.6 is 23.2 Å². The number of rotatable bonds is 3. The molecule has 0 N–H and O–H groups in total. The Bertz CT molecular complexity index is 784. The molecule has 11 heteroatoms. The topological polar surface area (TPSA) is 86.3 Å². The van der Waals surface area contributed by atoms with Crippen molar-refractivity contribution in [2.75, 3.05) is 0 Å². The second-order valence-electron chi connectivity index (χ2n) is 4.52. The van der Waals surface area contributed by atoms with Crippen LogP contribution in [0.4, 0.5) is 18.9 Å². The fourth-order valence-electron chi connectivity index (χ4n) is 2.19. The summed E-state index contributed by atoms with van der Waals surface area (Å²) in [4.78, 5) is 17.5. The van der Waals surface area contributed by atoms with Crippen molar-refractivity contribution < 1.29 is 23.0 Å². The SMILES string of the molecule is O=[N+]([O-])c1c(Cl)cc(F)c(F)c1C1(Cl)C=CC(F)=CC1[N+](=O)[O-]. The maximum absolute atomic E-state index is 14.2. The first-order chi connectivity index (χ1) is 10.6. The van der Waals surface area contributed by atoms with E-state index in [1.165, 1.54) is 0 Å². The Morgan fingerprint density at radius 2 is 1.83 bits per heavy atom. The van der Waals surface area contributed by atoms with Crippen molar-refractivity contribution in [1.82, 2.24) is 0 Å². The van der Waals surface area contributed by atoms with Crippen LogP contribution in [0.15, 0.2) is 30.1 Å². The summed E-state index contributed by atoms with van der Waals surface area (Å²) in [7, 11) is 0. The van der Waals surface area contributed by atoms with E-state index >= 15 is 0 Å². The Morgan fingerprint density at radius 1 is 1.22 bits per heavy atom. The minimum atomic E-state index is -2.53. The third-order valence-electron chi connectivity index (χ3n) is 3.17. The molecule has 6 nitrogen and oxygen atoms in total. The van der Waals surface area contributed by atoms with Gasteiger partial charge in [0.05, 0.1) is 4.92 Å². The van der Waals surface area contributed by atoms with E-state index in [2.05, 4.69) is 0 Å². The van der Waals surface area contributed by atoms with Crippen LogP contribution in [0.3, 0.4) is 0 Å². The summed E-state index contributed by atoms with van der Waals surface area (Å²) < 4.78 is 41.0. The van der Waals surface area contributed by atoms with Gasteiger partial charge in [0.15, 0.2) is 16.5 Å². The first kappa shape index (κ1) is 17.2. The van der Waals surface area contributed by atoms with Gasteiger partial charge < -0.3 is 0 Å². The van der Waals surface area contributed by atoms with Gasteiger partial charge in [-0.25, -0.2) is 13.2 Å². The minimum absolute atomic E-state index is 0.350. The third kappa shape index (κ3) is 2.77. The largest absolute Gasteiger partial charge is 0.296 e. The quantitative estimate of drug-likeness (QED) is 0.348. The number of nitrogens with zero attached hydrogens (tertiary/aromatic N) is 2. The molecule has 0 bridgehead atoms. The van der Waals surface area contributed by atoms with E-state index in [4.69, 9.17) is 23.2 Å². The van der Waals surface area contributed by atoms with Crippen molar-refractivity contribution in [3.05, 3.63) is 72.6 Å². The number of hydrogen-bond donors (Lipinski definition) is 0. The van der Waals surface area contributed by atoms with Crippen LogP contribution in [-0.2, 0) is 4.87 Å². The van der Waals surface area contributed by atoms with Gasteiger partial charge in [-0.3, -0.25) is 20.2 Å². The normalized spacial score (nSPS) is 23.5. The lowest BCUT2D eigenvalue weighted by Gasteiger charge is -2.27. The Labute approximate surface area is 136 Å². The zero-order valence-electron chi connectivity index (χ0n) is 10.8. The van der Waals surface area contributed by atoms with Gasteiger partial charge in [0, 0.05) is 17.1 Å². The molecule has 1 aliphatic carbocycles. The molecule has 1 aliphatic rings. The molecule has 2 rings (SSSR count). The van der Waals surface area contributed by atoms with E-state index < -0.39 is 54.5 Å². The van der Waals surface area contributed by atoms with Crippen LogP contribution < -0.4 is 0 Å². The summed E-state index contributed by atoms with van der Waals surface area (Å²) in [6.07, 6.45) is 1.75. The fourth-order valence-corrected chi connectivity index (χ4v) is 2.82.